The molecule has 1 aliphatic carbocycles. The molecule has 0 bridgehead atoms. The van der Waals surface area contributed by atoms with Crippen molar-refractivity contribution in [3.63, 3.8) is 0 Å². The molecule has 0 saturated heterocycles. The van der Waals surface area contributed by atoms with E-state index in [1.807, 2.05) is 35.6 Å². The lowest BCUT2D eigenvalue weighted by atomic mass is 9.81. The first-order valence-corrected chi connectivity index (χ1v) is 14.4. The molecule has 204 valence electrons. The van der Waals surface area contributed by atoms with Crippen molar-refractivity contribution in [2.45, 2.75) is 64.3 Å². The number of methoxy groups -OCH3 is 1. The van der Waals surface area contributed by atoms with Crippen molar-refractivity contribution in [3.8, 4) is 17.0 Å². The molecule has 4 rings (SSSR count). The number of hydrogen-bond donors (Lipinski definition) is 2. The number of carbonyl (C=O) groups is 2. The van der Waals surface area contributed by atoms with E-state index in [1.54, 1.807) is 14.2 Å². The molecule has 0 atom stereocenters. The van der Waals surface area contributed by atoms with Gasteiger partial charge in [0.15, 0.2) is 0 Å². The zero-order chi connectivity index (χ0) is 27.1. The Hall–Kier alpha value is -2.97. The van der Waals surface area contributed by atoms with E-state index in [0.717, 1.165) is 60.1 Å². The SMILES string of the molecule is CCCCN(C)SNC(=O)c1ccc2c(C3CCCCC3)c(-c3ccc(OC)cc3)n(CC(=O)NC)c2c1. The van der Waals surface area contributed by atoms with Gasteiger partial charge in [0.05, 0.1) is 18.3 Å². The first-order chi connectivity index (χ1) is 18.5. The molecule has 1 aromatic heterocycles. The average molecular weight is 537 g/mol. The molecule has 38 heavy (non-hydrogen) atoms. The Bertz CT molecular complexity index is 1250. The van der Waals surface area contributed by atoms with Gasteiger partial charge in [0.1, 0.15) is 12.3 Å². The van der Waals surface area contributed by atoms with Crippen molar-refractivity contribution in [2.75, 3.05) is 27.7 Å². The fourth-order valence-electron chi connectivity index (χ4n) is 5.37. The highest BCUT2D eigenvalue weighted by molar-refractivity contribution is 7.95. The van der Waals surface area contributed by atoms with Gasteiger partial charge in [0.2, 0.25) is 5.91 Å². The number of ether oxygens (including phenoxy) is 1. The van der Waals surface area contributed by atoms with E-state index in [4.69, 9.17) is 4.74 Å². The second kappa shape index (κ2) is 13.2. The van der Waals surface area contributed by atoms with Gasteiger partial charge in [0.25, 0.3) is 5.91 Å². The molecule has 8 heteroatoms. The molecule has 0 aliphatic heterocycles. The molecular formula is C30H40N4O3S. The van der Waals surface area contributed by atoms with Crippen molar-refractivity contribution >= 4 is 34.9 Å². The minimum atomic E-state index is -0.141. The quantitative estimate of drug-likeness (QED) is 0.288. The van der Waals surface area contributed by atoms with E-state index in [0.29, 0.717) is 11.5 Å². The molecule has 1 saturated carbocycles. The number of nitrogens with zero attached hydrogens (tertiary/aromatic N) is 2. The summed E-state index contributed by atoms with van der Waals surface area (Å²) >= 11 is 1.33. The fourth-order valence-corrected chi connectivity index (χ4v) is 5.95. The summed E-state index contributed by atoms with van der Waals surface area (Å²) in [4.78, 5) is 25.9. The van der Waals surface area contributed by atoms with Crippen LogP contribution in [0.25, 0.3) is 22.2 Å². The fraction of sp³-hybridized carbons (Fsp3) is 0.467. The molecule has 1 fully saturated rings. The van der Waals surface area contributed by atoms with Gasteiger partial charge in [0, 0.05) is 36.7 Å². The molecule has 3 aromatic rings. The van der Waals surface area contributed by atoms with E-state index >= 15 is 0 Å². The van der Waals surface area contributed by atoms with Crippen LogP contribution in [-0.4, -0.2) is 48.4 Å². The van der Waals surface area contributed by atoms with Crippen LogP contribution in [0.4, 0.5) is 0 Å². The second-order valence-electron chi connectivity index (χ2n) is 10.0. The van der Waals surface area contributed by atoms with Crippen molar-refractivity contribution in [1.29, 1.82) is 0 Å². The Labute approximate surface area is 230 Å². The topological polar surface area (TPSA) is 75.6 Å². The highest BCUT2D eigenvalue weighted by Crippen LogP contribution is 2.44. The first-order valence-electron chi connectivity index (χ1n) is 13.7. The Morgan fingerprint density at radius 3 is 2.50 bits per heavy atom. The Balaban J connectivity index is 1.82. The molecule has 2 amide bonds. The van der Waals surface area contributed by atoms with Crippen LogP contribution in [0.2, 0.25) is 0 Å². The summed E-state index contributed by atoms with van der Waals surface area (Å²) in [6, 6.07) is 14.0. The third kappa shape index (κ3) is 6.35. The van der Waals surface area contributed by atoms with E-state index in [9.17, 15) is 9.59 Å². The number of likely N-dealkylation sites (N-methyl/N-ethyl adjacent to an activating group) is 1. The normalized spacial score (nSPS) is 14.1. The lowest BCUT2D eigenvalue weighted by Gasteiger charge is -2.23. The predicted octanol–water partition coefficient (Wildman–Crippen LogP) is 6.14. The van der Waals surface area contributed by atoms with E-state index < -0.39 is 0 Å². The number of fused-ring (bicyclic) bond motifs is 1. The standard InChI is InChI=1S/C30H40N4O3S/c1-5-6-18-33(3)38-32-30(36)23-14-17-25-26(19-23)34(20-27(35)31-2)29(22-12-15-24(37-4)16-13-22)28(25)21-10-8-7-9-11-21/h12-17,19,21H,5-11,18,20H2,1-4H3,(H,31,35)(H,32,36). The van der Waals surface area contributed by atoms with Crippen LogP contribution in [0.3, 0.4) is 0 Å². The number of rotatable bonds is 11. The van der Waals surface area contributed by atoms with Crippen molar-refractivity contribution in [3.05, 3.63) is 53.6 Å². The summed E-state index contributed by atoms with van der Waals surface area (Å²) < 4.78 is 12.5. The van der Waals surface area contributed by atoms with Gasteiger partial charge < -0.3 is 14.6 Å². The third-order valence-corrected chi connectivity index (χ3v) is 8.22. The zero-order valence-electron chi connectivity index (χ0n) is 23.0. The van der Waals surface area contributed by atoms with Gasteiger partial charge in [-0.2, -0.15) is 0 Å². The molecule has 1 heterocycles. The van der Waals surface area contributed by atoms with Gasteiger partial charge in [-0.1, -0.05) is 38.7 Å². The molecule has 0 radical (unpaired) electrons. The van der Waals surface area contributed by atoms with Gasteiger partial charge in [-0.25, -0.2) is 4.31 Å². The maximum atomic E-state index is 13.1. The van der Waals surface area contributed by atoms with Gasteiger partial charge in [-0.3, -0.25) is 14.3 Å². The minimum Gasteiger partial charge on any atom is -0.497 e. The number of amides is 2. The van der Waals surface area contributed by atoms with Crippen molar-refractivity contribution in [1.82, 2.24) is 18.9 Å². The summed E-state index contributed by atoms with van der Waals surface area (Å²) in [5.74, 6) is 0.993. The van der Waals surface area contributed by atoms with E-state index in [2.05, 4.69) is 39.7 Å². The van der Waals surface area contributed by atoms with E-state index in [-0.39, 0.29) is 18.4 Å². The van der Waals surface area contributed by atoms with E-state index in [1.165, 1.54) is 37.0 Å². The largest absolute Gasteiger partial charge is 0.497 e. The molecule has 2 N–H and O–H groups in total. The number of aromatic nitrogens is 1. The van der Waals surface area contributed by atoms with Crippen LogP contribution in [0.15, 0.2) is 42.5 Å². The van der Waals surface area contributed by atoms with Gasteiger partial charge in [-0.15, -0.1) is 0 Å². The van der Waals surface area contributed by atoms with Crippen LogP contribution in [0.1, 0.15) is 73.7 Å². The number of carbonyl (C=O) groups excluding carboxylic acids is 2. The van der Waals surface area contributed by atoms with Crippen LogP contribution in [-0.2, 0) is 11.3 Å². The Kier molecular flexibility index (Phi) is 9.74. The molecule has 0 spiro atoms. The van der Waals surface area contributed by atoms with Crippen LogP contribution >= 0.6 is 12.1 Å². The summed E-state index contributed by atoms with van der Waals surface area (Å²) in [7, 11) is 5.31. The molecule has 1 aliphatic rings. The Morgan fingerprint density at radius 1 is 1.11 bits per heavy atom. The summed E-state index contributed by atoms with van der Waals surface area (Å²) in [6.45, 7) is 3.24. The van der Waals surface area contributed by atoms with Crippen molar-refractivity contribution < 1.29 is 14.3 Å². The second-order valence-corrected chi connectivity index (χ2v) is 11.1. The molecule has 2 aromatic carbocycles. The summed E-state index contributed by atoms with van der Waals surface area (Å²) in [5.41, 5.74) is 4.89. The number of benzene rings is 2. The highest BCUT2D eigenvalue weighted by atomic mass is 32.2. The summed E-state index contributed by atoms with van der Waals surface area (Å²) in [5, 5.41) is 3.90. The highest BCUT2D eigenvalue weighted by Gasteiger charge is 2.27. The van der Waals surface area contributed by atoms with Crippen LogP contribution < -0.4 is 14.8 Å². The lowest BCUT2D eigenvalue weighted by molar-refractivity contribution is -0.121. The van der Waals surface area contributed by atoms with Crippen LogP contribution in [0.5, 0.6) is 5.75 Å². The summed E-state index contributed by atoms with van der Waals surface area (Å²) in [6.07, 6.45) is 8.13. The monoisotopic (exact) mass is 536 g/mol. The maximum Gasteiger partial charge on any atom is 0.262 e. The lowest BCUT2D eigenvalue weighted by Crippen LogP contribution is -2.24. The number of nitrogens with one attached hydrogen (secondary N) is 2. The number of unbranched alkanes of at least 4 members (excludes halogenated alkanes) is 1. The van der Waals surface area contributed by atoms with Gasteiger partial charge in [-0.05, 0) is 79.8 Å². The Morgan fingerprint density at radius 2 is 1.84 bits per heavy atom. The average Bonchev–Trinajstić information content (AvgIpc) is 3.28. The van der Waals surface area contributed by atoms with Gasteiger partial charge >= 0.3 is 0 Å². The molecule has 7 nitrogen and oxygen atoms in total. The smallest absolute Gasteiger partial charge is 0.262 e. The first kappa shape index (κ1) is 28.0. The molecule has 0 unspecified atom stereocenters. The number of hydrogen-bond acceptors (Lipinski definition) is 5. The van der Waals surface area contributed by atoms with Crippen LogP contribution in [0, 0.1) is 0 Å². The maximum absolute atomic E-state index is 13.1. The predicted molar refractivity (Wildman–Crippen MR) is 156 cm³/mol. The zero-order valence-corrected chi connectivity index (χ0v) is 23.8. The molecular weight excluding hydrogens is 496 g/mol. The van der Waals surface area contributed by atoms with Crippen molar-refractivity contribution in [2.24, 2.45) is 0 Å². The third-order valence-electron chi connectivity index (χ3n) is 7.44. The minimum absolute atomic E-state index is 0.0742.